The van der Waals surface area contributed by atoms with Gasteiger partial charge in [0.1, 0.15) is 5.82 Å². The second-order valence-corrected chi connectivity index (χ2v) is 7.20. The van der Waals surface area contributed by atoms with Gasteiger partial charge in [-0.15, -0.1) is 5.53 Å². The topological polar surface area (TPSA) is 60.5 Å². The van der Waals surface area contributed by atoms with Crippen molar-refractivity contribution >= 4 is 34.9 Å². The van der Waals surface area contributed by atoms with Gasteiger partial charge in [0.25, 0.3) is 5.91 Å². The summed E-state index contributed by atoms with van der Waals surface area (Å²) in [6, 6.07) is 7.56. The second-order valence-electron chi connectivity index (χ2n) is 6.42. The monoisotopic (exact) mass is 407 g/mol. The van der Waals surface area contributed by atoms with Crippen molar-refractivity contribution in [2.75, 3.05) is 11.6 Å². The van der Waals surface area contributed by atoms with Crippen molar-refractivity contribution in [3.63, 3.8) is 0 Å². The van der Waals surface area contributed by atoms with Crippen molar-refractivity contribution in [2.45, 2.75) is 19.4 Å². The minimum atomic E-state index is -0.368. The molecule has 1 amide bonds. The lowest BCUT2D eigenvalue weighted by Crippen LogP contribution is -2.44. The number of carbonyl (C=O) groups is 1. The highest BCUT2D eigenvalue weighted by Gasteiger charge is 2.36. The average Bonchev–Trinajstić information content (AvgIpc) is 3.05. The molecular formula is C18H16Cl2FN5O. The third kappa shape index (κ3) is 3.22. The van der Waals surface area contributed by atoms with Crippen LogP contribution in [0.1, 0.15) is 23.7 Å². The molecule has 6 nitrogen and oxygen atoms in total. The maximum absolute atomic E-state index is 13.5. The molecule has 0 saturated heterocycles. The van der Waals surface area contributed by atoms with E-state index in [0.717, 1.165) is 11.4 Å². The normalized spacial score (nSPS) is 19.2. The highest BCUT2D eigenvalue weighted by atomic mass is 35.5. The fourth-order valence-corrected chi connectivity index (χ4v) is 3.65. The third-order valence-corrected chi connectivity index (χ3v) is 5.48. The number of rotatable bonds is 2. The van der Waals surface area contributed by atoms with Crippen LogP contribution in [0, 0.1) is 5.82 Å². The first-order valence-electron chi connectivity index (χ1n) is 8.36. The molecule has 3 heterocycles. The lowest BCUT2D eigenvalue weighted by Gasteiger charge is -2.35. The maximum atomic E-state index is 13.5. The molecule has 0 unspecified atom stereocenters. The van der Waals surface area contributed by atoms with Crippen molar-refractivity contribution in [1.29, 1.82) is 0 Å². The zero-order chi connectivity index (χ0) is 19.1. The van der Waals surface area contributed by atoms with Gasteiger partial charge < -0.3 is 10.3 Å². The summed E-state index contributed by atoms with van der Waals surface area (Å²) in [5.41, 5.74) is 8.14. The van der Waals surface area contributed by atoms with Gasteiger partial charge in [-0.25, -0.2) is 14.4 Å². The van der Waals surface area contributed by atoms with Gasteiger partial charge in [-0.1, -0.05) is 29.3 Å². The van der Waals surface area contributed by atoms with E-state index in [9.17, 15) is 9.18 Å². The average molecular weight is 408 g/mol. The van der Waals surface area contributed by atoms with Crippen molar-refractivity contribution in [1.82, 2.24) is 20.8 Å². The van der Waals surface area contributed by atoms with Crippen LogP contribution in [0.25, 0.3) is 0 Å². The van der Waals surface area contributed by atoms with E-state index in [1.165, 1.54) is 18.3 Å². The Morgan fingerprint density at radius 3 is 2.93 bits per heavy atom. The Morgan fingerprint density at radius 1 is 1.33 bits per heavy atom. The molecule has 2 aliphatic heterocycles. The van der Waals surface area contributed by atoms with Crippen LogP contribution in [0.15, 0.2) is 47.9 Å². The minimum absolute atomic E-state index is 0.0935. The molecule has 1 atom stereocenters. The van der Waals surface area contributed by atoms with E-state index in [4.69, 9.17) is 23.2 Å². The summed E-state index contributed by atoms with van der Waals surface area (Å²) < 4.78 is 13.5. The molecule has 2 aromatic rings. The fraction of sp³-hybridized carbons (Fsp3) is 0.222. The molecule has 1 aromatic heterocycles. The summed E-state index contributed by atoms with van der Waals surface area (Å²) in [7, 11) is 0. The van der Waals surface area contributed by atoms with Gasteiger partial charge in [0.05, 0.1) is 33.5 Å². The van der Waals surface area contributed by atoms with Gasteiger partial charge in [-0.2, -0.15) is 0 Å². The van der Waals surface area contributed by atoms with E-state index in [1.54, 1.807) is 28.1 Å². The van der Waals surface area contributed by atoms with E-state index in [1.807, 2.05) is 6.92 Å². The molecule has 1 aromatic carbocycles. The van der Waals surface area contributed by atoms with Gasteiger partial charge in [-0.3, -0.25) is 4.79 Å². The van der Waals surface area contributed by atoms with Gasteiger partial charge in [0.15, 0.2) is 5.82 Å². The van der Waals surface area contributed by atoms with Crippen LogP contribution >= 0.6 is 23.2 Å². The summed E-state index contributed by atoms with van der Waals surface area (Å²) in [5.74, 6) is -0.116. The number of nitrogens with one attached hydrogen (secondary N) is 2. The molecule has 9 heteroatoms. The molecule has 0 aliphatic carbocycles. The zero-order valence-electron chi connectivity index (χ0n) is 14.3. The Hall–Kier alpha value is -2.35. The molecule has 140 valence electrons. The Bertz CT molecular complexity index is 951. The Kier molecular flexibility index (Phi) is 4.67. The fourth-order valence-electron chi connectivity index (χ4n) is 3.27. The van der Waals surface area contributed by atoms with Crippen LogP contribution in [0.2, 0.25) is 10.0 Å². The number of hydrogen-bond donors (Lipinski definition) is 2. The third-order valence-electron chi connectivity index (χ3n) is 4.67. The number of hydrazine groups is 2. The van der Waals surface area contributed by atoms with Crippen LogP contribution in [0.5, 0.6) is 0 Å². The number of aromatic nitrogens is 1. The number of nitrogens with zero attached hydrogens (tertiary/aromatic N) is 3. The predicted molar refractivity (Wildman–Crippen MR) is 102 cm³/mol. The van der Waals surface area contributed by atoms with Crippen molar-refractivity contribution in [3.05, 3.63) is 69.3 Å². The molecule has 2 N–H and O–H groups in total. The summed E-state index contributed by atoms with van der Waals surface area (Å²) in [4.78, 5) is 18.9. The van der Waals surface area contributed by atoms with Gasteiger partial charge in [0, 0.05) is 24.7 Å². The molecule has 0 bridgehead atoms. The number of hydrogen-bond acceptors (Lipinski definition) is 5. The van der Waals surface area contributed by atoms with Crippen LogP contribution < -0.4 is 16.0 Å². The zero-order valence-corrected chi connectivity index (χ0v) is 15.9. The van der Waals surface area contributed by atoms with Gasteiger partial charge in [0.2, 0.25) is 0 Å². The lowest BCUT2D eigenvalue weighted by atomic mass is 10.0. The van der Waals surface area contributed by atoms with Crippen molar-refractivity contribution < 1.29 is 9.18 Å². The van der Waals surface area contributed by atoms with Crippen LogP contribution in [0.4, 0.5) is 10.2 Å². The molecular weight excluding hydrogens is 392 g/mol. The molecule has 27 heavy (non-hydrogen) atoms. The summed E-state index contributed by atoms with van der Waals surface area (Å²) in [6.45, 7) is 2.31. The van der Waals surface area contributed by atoms with Crippen molar-refractivity contribution in [2.24, 2.45) is 0 Å². The Balaban J connectivity index is 1.61. The van der Waals surface area contributed by atoms with E-state index in [0.29, 0.717) is 29.4 Å². The highest BCUT2D eigenvalue weighted by molar-refractivity contribution is 6.43. The maximum Gasteiger partial charge on any atom is 0.256 e. The van der Waals surface area contributed by atoms with Crippen LogP contribution in [-0.2, 0) is 0 Å². The lowest BCUT2D eigenvalue weighted by molar-refractivity contribution is 0.0696. The van der Waals surface area contributed by atoms with Gasteiger partial charge in [-0.05, 0) is 25.1 Å². The van der Waals surface area contributed by atoms with E-state index >= 15 is 0 Å². The predicted octanol–water partition coefficient (Wildman–Crippen LogP) is 3.50. The number of anilines is 1. The highest BCUT2D eigenvalue weighted by Crippen LogP contribution is 2.32. The van der Waals surface area contributed by atoms with Crippen molar-refractivity contribution in [3.8, 4) is 0 Å². The van der Waals surface area contributed by atoms with E-state index in [2.05, 4.69) is 15.9 Å². The number of pyridine rings is 1. The quantitative estimate of drug-likeness (QED) is 0.797. The summed E-state index contributed by atoms with van der Waals surface area (Å²) >= 11 is 12.3. The number of amides is 1. The molecule has 0 radical (unpaired) electrons. The van der Waals surface area contributed by atoms with E-state index < -0.39 is 0 Å². The molecule has 0 fully saturated rings. The molecule has 0 spiro atoms. The smallest absolute Gasteiger partial charge is 0.256 e. The largest absolute Gasteiger partial charge is 0.330 e. The minimum Gasteiger partial charge on any atom is -0.330 e. The number of carbonyl (C=O) groups excluding carboxylic acids is 1. The summed E-state index contributed by atoms with van der Waals surface area (Å²) in [6.07, 6.45) is 1.98. The SMILES string of the molecule is C[C@H]1CC2=C(CN1C(=O)c1cccc(Cl)c1Cl)NNN2c1cc(F)ccn1. The van der Waals surface area contributed by atoms with Crippen LogP contribution in [0.3, 0.4) is 0 Å². The Labute approximate surface area is 165 Å². The number of benzene rings is 1. The van der Waals surface area contributed by atoms with E-state index in [-0.39, 0.29) is 22.8 Å². The van der Waals surface area contributed by atoms with Crippen LogP contribution in [-0.4, -0.2) is 28.4 Å². The first kappa shape index (κ1) is 18.0. The Morgan fingerprint density at radius 2 is 2.15 bits per heavy atom. The van der Waals surface area contributed by atoms with Gasteiger partial charge >= 0.3 is 0 Å². The number of halogens is 3. The molecule has 0 saturated carbocycles. The standard InChI is InChI=1S/C18H16Cl2FN5O/c1-10-7-15-14(23-24-26(15)16-8-11(21)5-6-22-16)9-25(10)18(27)12-3-2-4-13(19)17(12)20/h2-6,8,10,23-24H,7,9H2,1H3/t10-/m0/s1. The second kappa shape index (κ2) is 6.99. The summed E-state index contributed by atoms with van der Waals surface area (Å²) in [5, 5.41) is 2.29. The first-order chi connectivity index (χ1) is 13.0. The molecule has 2 aliphatic rings. The first-order valence-corrected chi connectivity index (χ1v) is 9.11. The molecule has 4 rings (SSSR count).